The van der Waals surface area contributed by atoms with Crippen LogP contribution in [0.3, 0.4) is 0 Å². The number of anilines is 1. The van der Waals surface area contributed by atoms with Crippen molar-refractivity contribution in [3.63, 3.8) is 0 Å². The van der Waals surface area contributed by atoms with Crippen molar-refractivity contribution in [2.75, 3.05) is 12.2 Å². The lowest BCUT2D eigenvalue weighted by atomic mass is 10.4. The Labute approximate surface area is 207 Å². The van der Waals surface area contributed by atoms with Crippen LogP contribution in [0.1, 0.15) is 11.4 Å². The first kappa shape index (κ1) is 25.8. The maximum atomic E-state index is 13.7. The van der Waals surface area contributed by atoms with Crippen molar-refractivity contribution in [1.29, 1.82) is 5.41 Å². The van der Waals surface area contributed by atoms with E-state index in [9.17, 15) is 16.8 Å². The van der Waals surface area contributed by atoms with E-state index in [-0.39, 0.29) is 19.7 Å². The Kier molecular flexibility index (Phi) is 7.48. The van der Waals surface area contributed by atoms with Crippen LogP contribution in [-0.4, -0.2) is 43.6 Å². The number of rotatable bonds is 6. The van der Waals surface area contributed by atoms with Crippen molar-refractivity contribution < 1.29 is 21.7 Å². The topological polar surface area (TPSA) is 134 Å². The minimum absolute atomic E-state index is 0.118. The van der Waals surface area contributed by atoms with Crippen molar-refractivity contribution in [2.24, 2.45) is 0 Å². The molecule has 1 aromatic heterocycles. The van der Waals surface area contributed by atoms with Gasteiger partial charge in [0.2, 0.25) is 0 Å². The number of guanidine groups is 1. The molecule has 0 radical (unpaired) electrons. The molecule has 2 aromatic carbocycles. The second-order valence-corrected chi connectivity index (χ2v) is 11.4. The maximum Gasteiger partial charge on any atom is 0.281 e. The summed E-state index contributed by atoms with van der Waals surface area (Å²) in [5.74, 6) is -1.38. The van der Waals surface area contributed by atoms with Gasteiger partial charge in [0.15, 0.2) is 0 Å². The molecule has 0 aliphatic carbocycles. The highest BCUT2D eigenvalue weighted by Gasteiger charge is 2.44. The lowest BCUT2D eigenvalue weighted by molar-refractivity contribution is 0.200. The quantitative estimate of drug-likeness (QED) is 0.282. The molecule has 180 valence electrons. The van der Waals surface area contributed by atoms with Gasteiger partial charge in [-0.1, -0.05) is 47.5 Å². The molecular weight excluding hydrogens is 525 g/mol. The van der Waals surface area contributed by atoms with Crippen LogP contribution in [0, 0.1) is 19.3 Å². The summed E-state index contributed by atoms with van der Waals surface area (Å²) < 4.78 is 54.5. The highest BCUT2D eigenvalue weighted by molar-refractivity contribution is 8.05. The Bertz CT molecular complexity index is 1370. The molecule has 0 saturated heterocycles. The third kappa shape index (κ3) is 4.86. The van der Waals surface area contributed by atoms with E-state index in [0.29, 0.717) is 16.5 Å². The number of nitrogens with zero attached hydrogens (tertiary/aromatic N) is 4. The van der Waals surface area contributed by atoms with Gasteiger partial charge in [0, 0.05) is 11.4 Å². The first-order chi connectivity index (χ1) is 15.9. The van der Waals surface area contributed by atoms with Gasteiger partial charge in [-0.25, -0.2) is 9.97 Å². The molecule has 10 nitrogen and oxygen atoms in total. The molecule has 0 fully saturated rings. The lowest BCUT2D eigenvalue weighted by Gasteiger charge is -2.29. The van der Waals surface area contributed by atoms with Gasteiger partial charge in [-0.15, -0.1) is 3.71 Å². The van der Waals surface area contributed by atoms with Crippen molar-refractivity contribution in [3.8, 4) is 0 Å². The number of aryl methyl sites for hydroxylation is 2. The van der Waals surface area contributed by atoms with Gasteiger partial charge in [-0.2, -0.15) is 21.9 Å². The van der Waals surface area contributed by atoms with E-state index < -0.39 is 35.8 Å². The molecule has 0 amide bonds. The van der Waals surface area contributed by atoms with E-state index in [2.05, 4.69) is 9.97 Å². The van der Waals surface area contributed by atoms with Gasteiger partial charge in [0.05, 0.1) is 17.2 Å². The molecule has 1 heterocycles. The summed E-state index contributed by atoms with van der Waals surface area (Å²) in [5.41, 5.74) is 0.957. The van der Waals surface area contributed by atoms with E-state index in [1.54, 1.807) is 19.9 Å². The molecule has 34 heavy (non-hydrogen) atoms. The van der Waals surface area contributed by atoms with Crippen molar-refractivity contribution in [1.82, 2.24) is 13.7 Å². The Balaban J connectivity index is 2.30. The highest BCUT2D eigenvalue weighted by atomic mass is 35.5. The zero-order valence-electron chi connectivity index (χ0n) is 18.1. The fourth-order valence-corrected chi connectivity index (χ4v) is 7.44. The summed E-state index contributed by atoms with van der Waals surface area (Å²) in [6.07, 6.45) is 0. The van der Waals surface area contributed by atoms with Crippen LogP contribution in [0.2, 0.25) is 10.0 Å². The van der Waals surface area contributed by atoms with Gasteiger partial charge < -0.3 is 0 Å². The molecule has 14 heteroatoms. The van der Waals surface area contributed by atoms with Gasteiger partial charge in [-0.3, -0.25) is 10.2 Å². The second kappa shape index (κ2) is 9.84. The van der Waals surface area contributed by atoms with Crippen LogP contribution in [0.15, 0.2) is 64.4 Å². The van der Waals surface area contributed by atoms with Gasteiger partial charge in [-0.05, 0) is 44.2 Å². The zero-order chi connectivity index (χ0) is 25.3. The Morgan fingerprint density at radius 2 is 1.26 bits per heavy atom. The van der Waals surface area contributed by atoms with Crippen molar-refractivity contribution >= 4 is 55.2 Å². The molecule has 0 unspecified atom stereocenters. The summed E-state index contributed by atoms with van der Waals surface area (Å²) in [4.78, 5) is 12.3. The molecule has 0 bridgehead atoms. The van der Waals surface area contributed by atoms with E-state index in [4.69, 9.17) is 33.4 Å². The minimum atomic E-state index is -4.98. The standard InChI is InChI=1S/C20H19Cl2N5O5S2/c1-13-12-14(2)25-20(24-13)26(32-3)19(23)27(33(28,29)17-10-6-4-8-15(17)21)34(30,31)18-11-7-5-9-16(18)22/h4-12,23H,1-3H3. The molecule has 0 atom stereocenters. The Hall–Kier alpha value is -2.77. The summed E-state index contributed by atoms with van der Waals surface area (Å²) in [7, 11) is -8.86. The molecule has 0 aliphatic rings. The number of benzene rings is 2. The predicted octanol–water partition coefficient (Wildman–Crippen LogP) is 3.78. The number of hydrogen-bond acceptors (Lipinski definition) is 8. The largest absolute Gasteiger partial charge is 0.281 e. The first-order valence-electron chi connectivity index (χ1n) is 9.46. The average Bonchev–Trinajstić information content (AvgIpc) is 2.73. The van der Waals surface area contributed by atoms with Gasteiger partial charge in [0.25, 0.3) is 32.0 Å². The third-order valence-corrected chi connectivity index (χ3v) is 9.47. The van der Waals surface area contributed by atoms with E-state index in [0.717, 1.165) is 19.2 Å². The molecule has 3 rings (SSSR count). The van der Waals surface area contributed by atoms with Crippen LogP contribution in [0.5, 0.6) is 0 Å². The normalized spacial score (nSPS) is 11.8. The van der Waals surface area contributed by atoms with Crippen LogP contribution in [0.25, 0.3) is 0 Å². The second-order valence-electron chi connectivity index (χ2n) is 6.82. The number of aromatic nitrogens is 2. The van der Waals surface area contributed by atoms with E-state index >= 15 is 0 Å². The Morgan fingerprint density at radius 3 is 1.65 bits per heavy atom. The fourth-order valence-electron chi connectivity index (χ4n) is 2.98. The van der Waals surface area contributed by atoms with Gasteiger partial charge in [0.1, 0.15) is 9.79 Å². The number of sulfonamides is 2. The smallest absolute Gasteiger partial charge is 0.266 e. The van der Waals surface area contributed by atoms with E-state index in [1.165, 1.54) is 36.4 Å². The number of halogens is 2. The maximum absolute atomic E-state index is 13.7. The van der Waals surface area contributed by atoms with Crippen molar-refractivity contribution in [2.45, 2.75) is 23.6 Å². The molecule has 0 saturated carbocycles. The summed E-state index contributed by atoms with van der Waals surface area (Å²) >= 11 is 12.2. The molecular formula is C20H19Cl2N5O5S2. The third-order valence-electron chi connectivity index (χ3n) is 4.37. The lowest BCUT2D eigenvalue weighted by Crippen LogP contribution is -2.50. The van der Waals surface area contributed by atoms with Crippen molar-refractivity contribution in [3.05, 3.63) is 76.0 Å². The molecule has 0 spiro atoms. The van der Waals surface area contributed by atoms with Crippen LogP contribution >= 0.6 is 23.2 Å². The predicted molar refractivity (Wildman–Crippen MR) is 128 cm³/mol. The monoisotopic (exact) mass is 543 g/mol. The first-order valence-corrected chi connectivity index (χ1v) is 13.1. The van der Waals surface area contributed by atoms with E-state index in [1.807, 2.05) is 0 Å². The highest BCUT2D eigenvalue weighted by Crippen LogP contribution is 2.32. The fraction of sp³-hybridized carbons (Fsp3) is 0.150. The molecule has 0 aliphatic heterocycles. The summed E-state index contributed by atoms with van der Waals surface area (Å²) in [6.45, 7) is 3.29. The summed E-state index contributed by atoms with van der Waals surface area (Å²) in [5, 5.41) is 8.71. The van der Waals surface area contributed by atoms with Crippen LogP contribution in [-0.2, 0) is 24.9 Å². The van der Waals surface area contributed by atoms with Crippen LogP contribution in [0.4, 0.5) is 5.95 Å². The number of hydrogen-bond donors (Lipinski definition) is 1. The minimum Gasteiger partial charge on any atom is -0.266 e. The molecule has 3 aromatic rings. The summed E-state index contributed by atoms with van der Waals surface area (Å²) in [6, 6.07) is 12.1. The SMILES string of the molecule is CON(C(=N)N(S(=O)(=O)c1ccccc1Cl)S(=O)(=O)c1ccccc1Cl)c1nc(C)cc(C)n1. The van der Waals surface area contributed by atoms with Crippen LogP contribution < -0.4 is 5.06 Å². The number of nitrogens with one attached hydrogen (secondary N) is 1. The Morgan fingerprint density at radius 1 is 0.853 bits per heavy atom. The van der Waals surface area contributed by atoms with Gasteiger partial charge >= 0.3 is 0 Å². The average molecular weight is 544 g/mol. The number of hydroxylamine groups is 1. The zero-order valence-corrected chi connectivity index (χ0v) is 21.2. The molecule has 1 N–H and O–H groups in total.